The van der Waals surface area contributed by atoms with E-state index in [4.69, 9.17) is 4.42 Å². The van der Waals surface area contributed by atoms with Crippen molar-refractivity contribution in [3.05, 3.63) is 41.2 Å². The second-order valence-corrected chi connectivity index (χ2v) is 8.56. The molecule has 26 heavy (non-hydrogen) atoms. The molecule has 0 N–H and O–H groups in total. The first kappa shape index (κ1) is 15.9. The third kappa shape index (κ3) is 2.59. The highest BCUT2D eigenvalue weighted by Gasteiger charge is 2.18. The first-order valence-electron chi connectivity index (χ1n) is 7.76. The Morgan fingerprint density at radius 3 is 2.92 bits per heavy atom. The van der Waals surface area contributed by atoms with Crippen LogP contribution in [-0.4, -0.2) is 25.1 Å². The zero-order chi connectivity index (χ0) is 17.7. The van der Waals surface area contributed by atoms with Crippen LogP contribution in [0.2, 0.25) is 0 Å². The second-order valence-electron chi connectivity index (χ2n) is 5.67. The minimum Gasteiger partial charge on any atom is -0.410 e. The zero-order valence-corrected chi connectivity index (χ0v) is 16.2. The van der Waals surface area contributed by atoms with E-state index >= 15 is 0 Å². The second kappa shape index (κ2) is 6.11. The number of rotatable bonds is 3. The van der Waals surface area contributed by atoms with E-state index in [1.807, 2.05) is 24.4 Å². The molecule has 0 radical (unpaired) electrons. The first-order valence-corrected chi connectivity index (χ1v) is 10.3. The third-order valence-electron chi connectivity index (χ3n) is 3.84. The van der Waals surface area contributed by atoms with Crippen LogP contribution in [0.5, 0.6) is 0 Å². The molecule has 128 valence electrons. The quantitative estimate of drug-likeness (QED) is 0.391. The van der Waals surface area contributed by atoms with Crippen molar-refractivity contribution in [1.29, 1.82) is 0 Å². The topological polar surface area (TPSA) is 77.6 Å². The van der Waals surface area contributed by atoms with E-state index in [2.05, 4.69) is 38.1 Å². The molecule has 0 fully saturated rings. The highest BCUT2D eigenvalue weighted by molar-refractivity contribution is 7.99. The molecule has 0 spiro atoms. The molecule has 0 aliphatic heterocycles. The molecule has 9 heteroatoms. The molecule has 6 nitrogen and oxygen atoms in total. The number of hydrogen-bond donors (Lipinski definition) is 0. The highest BCUT2D eigenvalue weighted by atomic mass is 32.2. The Bertz CT molecular complexity index is 1240. The Hall–Kier alpha value is -2.36. The summed E-state index contributed by atoms with van der Waals surface area (Å²) in [5.41, 5.74) is 3.10. The largest absolute Gasteiger partial charge is 0.410 e. The summed E-state index contributed by atoms with van der Waals surface area (Å²) >= 11 is 4.52. The van der Waals surface area contributed by atoms with E-state index in [1.165, 1.54) is 17.3 Å². The Kier molecular flexibility index (Phi) is 3.73. The highest BCUT2D eigenvalue weighted by Crippen LogP contribution is 2.40. The summed E-state index contributed by atoms with van der Waals surface area (Å²) < 4.78 is 6.77. The van der Waals surface area contributed by atoms with Gasteiger partial charge in [-0.15, -0.1) is 32.9 Å². The Morgan fingerprint density at radius 2 is 2.08 bits per heavy atom. The molecule has 0 aliphatic carbocycles. The van der Waals surface area contributed by atoms with Gasteiger partial charge < -0.3 is 4.42 Å². The van der Waals surface area contributed by atoms with Crippen LogP contribution in [0.15, 0.2) is 44.6 Å². The lowest BCUT2D eigenvalue weighted by atomic mass is 10.1. The van der Waals surface area contributed by atoms with Gasteiger partial charge in [-0.2, -0.15) is 0 Å². The fourth-order valence-corrected chi connectivity index (χ4v) is 5.48. The van der Waals surface area contributed by atoms with E-state index in [-0.39, 0.29) is 0 Å². The third-order valence-corrected chi connectivity index (χ3v) is 6.75. The van der Waals surface area contributed by atoms with Crippen LogP contribution in [0, 0.1) is 13.8 Å². The number of hydrogen-bond acceptors (Lipinski definition) is 9. The fourth-order valence-electron chi connectivity index (χ4n) is 2.79. The number of nitrogens with zero attached hydrogens (tertiary/aromatic N) is 5. The number of aromatic nitrogens is 5. The van der Waals surface area contributed by atoms with E-state index in [0.29, 0.717) is 11.1 Å². The minimum absolute atomic E-state index is 0.465. The van der Waals surface area contributed by atoms with Crippen LogP contribution in [0.1, 0.15) is 11.3 Å². The van der Waals surface area contributed by atoms with Crippen molar-refractivity contribution in [3.63, 3.8) is 0 Å². The van der Waals surface area contributed by atoms with Gasteiger partial charge in [0.15, 0.2) is 0 Å². The summed E-state index contributed by atoms with van der Waals surface area (Å²) in [5, 5.41) is 12.6. The van der Waals surface area contributed by atoms with Gasteiger partial charge in [0.2, 0.25) is 0 Å². The molecule has 0 aromatic carbocycles. The predicted octanol–water partition coefficient (Wildman–Crippen LogP) is 5.12. The summed E-state index contributed by atoms with van der Waals surface area (Å²) in [6.07, 6.45) is 1.58. The molecule has 5 aromatic heterocycles. The van der Waals surface area contributed by atoms with Gasteiger partial charge in [0, 0.05) is 11.1 Å². The van der Waals surface area contributed by atoms with Gasteiger partial charge in [0.05, 0.1) is 15.1 Å². The maximum atomic E-state index is 5.78. The van der Waals surface area contributed by atoms with Crippen LogP contribution in [0.3, 0.4) is 0 Å². The molecule has 0 unspecified atom stereocenters. The van der Waals surface area contributed by atoms with Crippen molar-refractivity contribution in [1.82, 2.24) is 25.1 Å². The van der Waals surface area contributed by atoms with Crippen molar-refractivity contribution in [2.24, 2.45) is 0 Å². The summed E-state index contributed by atoms with van der Waals surface area (Å²) in [5.74, 6) is 0.525. The number of fused-ring (bicyclic) bond motifs is 3. The molecule has 5 heterocycles. The van der Waals surface area contributed by atoms with E-state index < -0.39 is 0 Å². The van der Waals surface area contributed by atoms with Gasteiger partial charge in [-0.05, 0) is 48.7 Å². The predicted molar refractivity (Wildman–Crippen MR) is 104 cm³/mol. The molecule has 5 aromatic rings. The van der Waals surface area contributed by atoms with Crippen LogP contribution in [-0.2, 0) is 0 Å². The maximum absolute atomic E-state index is 5.78. The van der Waals surface area contributed by atoms with Crippen molar-refractivity contribution in [3.8, 4) is 10.8 Å². The molecule has 0 atom stereocenters. The molecule has 0 amide bonds. The lowest BCUT2D eigenvalue weighted by Gasteiger charge is -1.99. The lowest BCUT2D eigenvalue weighted by molar-refractivity contribution is 0.466. The van der Waals surface area contributed by atoms with Crippen LogP contribution in [0.4, 0.5) is 0 Å². The van der Waals surface area contributed by atoms with Gasteiger partial charge >= 0.3 is 0 Å². The van der Waals surface area contributed by atoms with Gasteiger partial charge in [0.1, 0.15) is 16.2 Å². The molecular formula is C17H11N5OS3. The van der Waals surface area contributed by atoms with E-state index in [9.17, 15) is 0 Å². The average Bonchev–Trinajstić information content (AvgIpc) is 3.33. The lowest BCUT2D eigenvalue weighted by Crippen LogP contribution is -1.86. The van der Waals surface area contributed by atoms with Gasteiger partial charge in [-0.1, -0.05) is 6.07 Å². The minimum atomic E-state index is 0.465. The van der Waals surface area contributed by atoms with E-state index in [0.717, 1.165) is 36.0 Å². The molecule has 0 aliphatic rings. The Labute approximate surface area is 160 Å². The maximum Gasteiger partial charge on any atom is 0.283 e. The van der Waals surface area contributed by atoms with Gasteiger partial charge in [-0.25, -0.2) is 15.0 Å². The van der Waals surface area contributed by atoms with Crippen molar-refractivity contribution < 1.29 is 4.42 Å². The van der Waals surface area contributed by atoms with Crippen LogP contribution < -0.4 is 0 Å². The monoisotopic (exact) mass is 397 g/mol. The SMILES string of the molecule is Cc1cc(C)c2c(n1)sc1c(Sc3nnc(-c4cccs4)o3)ncnc12. The average molecular weight is 398 g/mol. The molecule has 0 bridgehead atoms. The standard InChI is InChI=1S/C17H11N5OS3/c1-8-6-9(2)20-15-11(8)12-13(25-15)16(19-7-18-12)26-17-22-21-14(23-17)10-4-3-5-24-10/h3-7H,1-2H3. The van der Waals surface area contributed by atoms with Gasteiger partial charge in [-0.3, -0.25) is 0 Å². The number of thiophene rings is 2. The number of pyridine rings is 1. The summed E-state index contributed by atoms with van der Waals surface area (Å²) in [7, 11) is 0. The van der Waals surface area contributed by atoms with E-state index in [1.54, 1.807) is 29.0 Å². The van der Waals surface area contributed by atoms with Crippen molar-refractivity contribution in [2.45, 2.75) is 24.1 Å². The summed E-state index contributed by atoms with van der Waals surface area (Å²) in [4.78, 5) is 15.5. The van der Waals surface area contributed by atoms with Crippen LogP contribution >= 0.6 is 34.4 Å². The van der Waals surface area contributed by atoms with Crippen molar-refractivity contribution >= 4 is 54.9 Å². The fraction of sp³-hybridized carbons (Fsp3) is 0.118. The van der Waals surface area contributed by atoms with Crippen LogP contribution in [0.25, 0.3) is 31.2 Å². The summed E-state index contributed by atoms with van der Waals surface area (Å²) in [6, 6.07) is 5.99. The normalized spacial score (nSPS) is 11.6. The molecule has 5 rings (SSSR count). The Morgan fingerprint density at radius 1 is 1.15 bits per heavy atom. The molecule has 0 saturated carbocycles. The molecular weight excluding hydrogens is 386 g/mol. The van der Waals surface area contributed by atoms with Crippen molar-refractivity contribution in [2.75, 3.05) is 0 Å². The number of aryl methyl sites for hydroxylation is 2. The summed E-state index contributed by atoms with van der Waals surface area (Å²) in [6.45, 7) is 4.09. The smallest absolute Gasteiger partial charge is 0.283 e. The zero-order valence-electron chi connectivity index (χ0n) is 13.8. The molecule has 0 saturated heterocycles. The Balaban J connectivity index is 1.60. The van der Waals surface area contributed by atoms with Gasteiger partial charge in [0.25, 0.3) is 11.1 Å². The first-order chi connectivity index (χ1) is 12.7.